The molecule has 4 heteroatoms. The predicted octanol–water partition coefficient (Wildman–Crippen LogP) is 2.31. The molecule has 2 N–H and O–H groups in total. The molecule has 1 rings (SSSR count). The van der Waals surface area contributed by atoms with Gasteiger partial charge in [0.2, 0.25) is 0 Å². The molecule has 1 atom stereocenters. The van der Waals surface area contributed by atoms with Crippen molar-refractivity contribution < 1.29 is 15.0 Å². The van der Waals surface area contributed by atoms with E-state index in [0.29, 0.717) is 5.56 Å². The Bertz CT molecular complexity index is 349. The topological polar surface area (TPSA) is 57.5 Å². The molecule has 0 aromatic heterocycles. The normalized spacial score (nSPS) is 12.4. The molecule has 0 fully saturated rings. The largest absolute Gasteiger partial charge is 0.506 e. The van der Waals surface area contributed by atoms with E-state index in [9.17, 15) is 9.90 Å². The van der Waals surface area contributed by atoms with Crippen LogP contribution < -0.4 is 0 Å². The number of carboxylic acid groups (broad SMARTS) is 1. The van der Waals surface area contributed by atoms with Gasteiger partial charge < -0.3 is 10.2 Å². The maximum absolute atomic E-state index is 10.6. The lowest BCUT2D eigenvalue weighted by Gasteiger charge is -2.08. The number of carboxylic acids is 1. The molecule has 0 aliphatic heterocycles. The van der Waals surface area contributed by atoms with Crippen molar-refractivity contribution in [1.82, 2.24) is 0 Å². The summed E-state index contributed by atoms with van der Waals surface area (Å²) in [5.41, 5.74) is 0.562. The van der Waals surface area contributed by atoms with Crippen LogP contribution in [0.3, 0.4) is 0 Å². The Morgan fingerprint density at radius 1 is 1.57 bits per heavy atom. The SMILES string of the molecule is CC(Cc1cccc(Cl)c1O)C(=O)O. The Balaban J connectivity index is 2.87. The average Bonchev–Trinajstić information content (AvgIpc) is 2.12. The number of aromatic hydroxyl groups is 1. The minimum absolute atomic E-state index is 0.0257. The molecule has 0 saturated carbocycles. The van der Waals surface area contributed by atoms with E-state index in [4.69, 9.17) is 16.7 Å². The summed E-state index contributed by atoms with van der Waals surface area (Å²) in [5.74, 6) is -1.44. The first-order valence-electron chi connectivity index (χ1n) is 4.21. The molecular weight excluding hydrogens is 204 g/mol. The number of para-hydroxylation sites is 1. The van der Waals surface area contributed by atoms with Crippen LogP contribution >= 0.6 is 11.6 Å². The van der Waals surface area contributed by atoms with E-state index in [-0.39, 0.29) is 17.2 Å². The zero-order valence-corrected chi connectivity index (χ0v) is 8.45. The second kappa shape index (κ2) is 4.33. The zero-order chi connectivity index (χ0) is 10.7. The lowest BCUT2D eigenvalue weighted by molar-refractivity contribution is -0.141. The molecule has 14 heavy (non-hydrogen) atoms. The van der Waals surface area contributed by atoms with Gasteiger partial charge in [-0.1, -0.05) is 30.7 Å². The van der Waals surface area contributed by atoms with Gasteiger partial charge in [0.25, 0.3) is 0 Å². The average molecular weight is 215 g/mol. The van der Waals surface area contributed by atoms with Crippen LogP contribution in [-0.2, 0) is 11.2 Å². The van der Waals surface area contributed by atoms with E-state index < -0.39 is 11.9 Å². The number of benzene rings is 1. The molecule has 0 bridgehead atoms. The monoisotopic (exact) mass is 214 g/mol. The number of halogens is 1. The van der Waals surface area contributed by atoms with Gasteiger partial charge in [-0.15, -0.1) is 0 Å². The summed E-state index contributed by atoms with van der Waals surface area (Å²) >= 11 is 5.68. The van der Waals surface area contributed by atoms with Crippen LogP contribution in [0.2, 0.25) is 5.02 Å². The molecule has 0 aliphatic rings. The van der Waals surface area contributed by atoms with Gasteiger partial charge in [0, 0.05) is 0 Å². The van der Waals surface area contributed by atoms with E-state index in [1.165, 1.54) is 0 Å². The van der Waals surface area contributed by atoms with Gasteiger partial charge in [-0.3, -0.25) is 4.79 Å². The molecule has 1 aromatic carbocycles. The first-order chi connectivity index (χ1) is 6.52. The van der Waals surface area contributed by atoms with Gasteiger partial charge in [0.05, 0.1) is 10.9 Å². The highest BCUT2D eigenvalue weighted by Gasteiger charge is 2.14. The third-order valence-electron chi connectivity index (χ3n) is 2.02. The minimum Gasteiger partial charge on any atom is -0.506 e. The van der Waals surface area contributed by atoms with Crippen LogP contribution in [-0.4, -0.2) is 16.2 Å². The second-order valence-electron chi connectivity index (χ2n) is 3.19. The van der Waals surface area contributed by atoms with Crippen molar-refractivity contribution in [3.05, 3.63) is 28.8 Å². The lowest BCUT2D eigenvalue weighted by Crippen LogP contribution is -2.12. The first-order valence-corrected chi connectivity index (χ1v) is 4.59. The van der Waals surface area contributed by atoms with Gasteiger partial charge in [-0.2, -0.15) is 0 Å². The fourth-order valence-electron chi connectivity index (χ4n) is 1.14. The van der Waals surface area contributed by atoms with E-state index in [1.807, 2.05) is 0 Å². The number of hydrogen-bond acceptors (Lipinski definition) is 2. The van der Waals surface area contributed by atoms with E-state index in [2.05, 4.69) is 0 Å². The summed E-state index contributed by atoms with van der Waals surface area (Å²) < 4.78 is 0. The summed E-state index contributed by atoms with van der Waals surface area (Å²) in [7, 11) is 0. The van der Waals surface area contributed by atoms with Crippen molar-refractivity contribution in [2.45, 2.75) is 13.3 Å². The highest BCUT2D eigenvalue weighted by molar-refractivity contribution is 6.32. The lowest BCUT2D eigenvalue weighted by atomic mass is 10.0. The van der Waals surface area contributed by atoms with Crippen LogP contribution in [0, 0.1) is 5.92 Å². The summed E-state index contributed by atoms with van der Waals surface area (Å²) in [6.45, 7) is 1.59. The molecule has 3 nitrogen and oxygen atoms in total. The maximum atomic E-state index is 10.6. The van der Waals surface area contributed by atoms with Gasteiger partial charge in [0.15, 0.2) is 0 Å². The van der Waals surface area contributed by atoms with E-state index >= 15 is 0 Å². The Hall–Kier alpha value is -1.22. The van der Waals surface area contributed by atoms with Crippen LogP contribution in [0.1, 0.15) is 12.5 Å². The van der Waals surface area contributed by atoms with E-state index in [1.54, 1.807) is 25.1 Å². The number of phenols is 1. The first kappa shape index (κ1) is 10.9. The predicted molar refractivity (Wildman–Crippen MR) is 53.6 cm³/mol. The molecule has 1 unspecified atom stereocenters. The molecule has 0 spiro atoms. The molecule has 0 amide bonds. The van der Waals surface area contributed by atoms with Gasteiger partial charge in [-0.25, -0.2) is 0 Å². The zero-order valence-electron chi connectivity index (χ0n) is 7.70. The van der Waals surface area contributed by atoms with Crippen molar-refractivity contribution in [2.75, 3.05) is 0 Å². The molecule has 1 aromatic rings. The number of aliphatic carboxylic acids is 1. The van der Waals surface area contributed by atoms with Crippen molar-refractivity contribution in [3.8, 4) is 5.75 Å². The third kappa shape index (κ3) is 2.39. The molecule has 0 heterocycles. The molecule has 0 aliphatic carbocycles. The highest BCUT2D eigenvalue weighted by Crippen LogP contribution is 2.28. The van der Waals surface area contributed by atoms with Crippen LogP contribution in [0.5, 0.6) is 5.75 Å². The second-order valence-corrected chi connectivity index (χ2v) is 3.60. The number of carbonyl (C=O) groups is 1. The van der Waals surface area contributed by atoms with Crippen molar-refractivity contribution in [2.24, 2.45) is 5.92 Å². The molecule has 0 radical (unpaired) electrons. The van der Waals surface area contributed by atoms with Crippen molar-refractivity contribution >= 4 is 17.6 Å². The van der Waals surface area contributed by atoms with Gasteiger partial charge in [0.1, 0.15) is 5.75 Å². The Labute approximate surface area is 86.9 Å². The smallest absolute Gasteiger partial charge is 0.306 e. The summed E-state index contributed by atoms with van der Waals surface area (Å²) in [6, 6.07) is 4.92. The minimum atomic E-state index is -0.885. The number of rotatable bonds is 3. The quantitative estimate of drug-likeness (QED) is 0.812. The molecular formula is C10H11ClO3. The van der Waals surface area contributed by atoms with E-state index in [0.717, 1.165) is 0 Å². The summed E-state index contributed by atoms with van der Waals surface area (Å²) in [4.78, 5) is 10.6. The van der Waals surface area contributed by atoms with Gasteiger partial charge in [-0.05, 0) is 18.1 Å². The Morgan fingerprint density at radius 2 is 2.21 bits per heavy atom. The van der Waals surface area contributed by atoms with Crippen LogP contribution in [0.25, 0.3) is 0 Å². The van der Waals surface area contributed by atoms with Crippen molar-refractivity contribution in [1.29, 1.82) is 0 Å². The summed E-state index contributed by atoms with van der Waals surface area (Å²) in [5, 5.41) is 18.4. The summed E-state index contributed by atoms with van der Waals surface area (Å²) in [6.07, 6.45) is 0.279. The van der Waals surface area contributed by atoms with Gasteiger partial charge >= 0.3 is 5.97 Å². The number of hydrogen-bond donors (Lipinski definition) is 2. The Kier molecular flexibility index (Phi) is 3.36. The van der Waals surface area contributed by atoms with Crippen molar-refractivity contribution in [3.63, 3.8) is 0 Å². The molecule has 0 saturated heterocycles. The fourth-order valence-corrected chi connectivity index (χ4v) is 1.34. The maximum Gasteiger partial charge on any atom is 0.306 e. The number of phenolic OH excluding ortho intramolecular Hbond substituents is 1. The van der Waals surface area contributed by atoms with Crippen LogP contribution in [0.4, 0.5) is 0 Å². The third-order valence-corrected chi connectivity index (χ3v) is 2.32. The highest BCUT2D eigenvalue weighted by atomic mass is 35.5. The standard InChI is InChI=1S/C10H11ClO3/c1-6(10(13)14)5-7-3-2-4-8(11)9(7)12/h2-4,6,12H,5H2,1H3,(H,13,14). The van der Waals surface area contributed by atoms with Crippen LogP contribution in [0.15, 0.2) is 18.2 Å². The Morgan fingerprint density at radius 3 is 2.79 bits per heavy atom. The fraction of sp³-hybridized carbons (Fsp3) is 0.300. The molecule has 76 valence electrons.